The van der Waals surface area contributed by atoms with Crippen molar-refractivity contribution in [3.8, 4) is 11.1 Å². The van der Waals surface area contributed by atoms with Crippen molar-refractivity contribution in [2.75, 3.05) is 19.7 Å². The number of benzene rings is 1. The molecule has 1 atom stereocenters. The van der Waals surface area contributed by atoms with E-state index in [0.29, 0.717) is 25.4 Å². The Morgan fingerprint density at radius 2 is 2.03 bits per heavy atom. The molecule has 1 aromatic carbocycles. The molecule has 29 heavy (non-hydrogen) atoms. The van der Waals surface area contributed by atoms with Crippen molar-refractivity contribution < 1.29 is 9.53 Å². The van der Waals surface area contributed by atoms with Gasteiger partial charge in [-0.2, -0.15) is 0 Å². The van der Waals surface area contributed by atoms with Gasteiger partial charge in [0.1, 0.15) is 17.5 Å². The molecule has 0 saturated carbocycles. The number of rotatable bonds is 3. The topological polar surface area (TPSA) is 72.6 Å². The predicted octanol–water partition coefficient (Wildman–Crippen LogP) is 3.37. The van der Waals surface area contributed by atoms with Crippen molar-refractivity contribution in [3.05, 3.63) is 70.4 Å². The smallest absolute Gasteiger partial charge is 0.273 e. The highest BCUT2D eigenvalue weighted by Crippen LogP contribution is 2.27. The first kappa shape index (κ1) is 18.0. The summed E-state index contributed by atoms with van der Waals surface area (Å²) < 4.78 is 7.71. The number of aryl methyl sites for hydroxylation is 1. The fourth-order valence-corrected chi connectivity index (χ4v) is 4.15. The van der Waals surface area contributed by atoms with E-state index >= 15 is 0 Å². The molecule has 1 aliphatic heterocycles. The summed E-state index contributed by atoms with van der Waals surface area (Å²) in [6.07, 6.45) is 1.65. The van der Waals surface area contributed by atoms with Gasteiger partial charge in [-0.25, -0.2) is 9.50 Å². The summed E-state index contributed by atoms with van der Waals surface area (Å²) in [7, 11) is 0. The van der Waals surface area contributed by atoms with E-state index in [9.17, 15) is 4.79 Å². The van der Waals surface area contributed by atoms with E-state index in [4.69, 9.17) is 4.74 Å². The fourth-order valence-electron chi connectivity index (χ4n) is 3.57. The van der Waals surface area contributed by atoms with Crippen molar-refractivity contribution in [1.82, 2.24) is 24.7 Å². The van der Waals surface area contributed by atoms with E-state index in [-0.39, 0.29) is 12.0 Å². The highest BCUT2D eigenvalue weighted by Gasteiger charge is 2.30. The van der Waals surface area contributed by atoms with Crippen LogP contribution in [-0.2, 0) is 4.74 Å². The van der Waals surface area contributed by atoms with E-state index in [1.54, 1.807) is 14.8 Å². The quantitative estimate of drug-likeness (QED) is 0.523. The highest BCUT2D eigenvalue weighted by atomic mass is 32.1. The number of morpholine rings is 1. The monoisotopic (exact) mass is 405 g/mol. The van der Waals surface area contributed by atoms with Crippen molar-refractivity contribution in [2.45, 2.75) is 13.0 Å². The lowest BCUT2D eigenvalue weighted by Gasteiger charge is -2.31. The van der Waals surface area contributed by atoms with E-state index in [2.05, 4.69) is 33.5 Å². The number of hydrogen-bond acceptors (Lipinski definition) is 6. The zero-order chi connectivity index (χ0) is 19.8. The molecular formula is C21H19N5O2S. The van der Waals surface area contributed by atoms with Gasteiger partial charge < -0.3 is 9.64 Å². The van der Waals surface area contributed by atoms with E-state index in [1.165, 1.54) is 11.3 Å². The second-order valence-corrected chi connectivity index (χ2v) is 8.01. The third kappa shape index (κ3) is 3.41. The minimum Gasteiger partial charge on any atom is -0.368 e. The highest BCUT2D eigenvalue weighted by molar-refractivity contribution is 7.09. The number of carbonyl (C=O) groups excluding carboxylic acids is 1. The largest absolute Gasteiger partial charge is 0.368 e. The number of aromatic nitrogens is 4. The van der Waals surface area contributed by atoms with Crippen LogP contribution in [0.4, 0.5) is 0 Å². The third-order valence-electron chi connectivity index (χ3n) is 5.04. The van der Waals surface area contributed by atoms with Crippen LogP contribution in [-0.4, -0.2) is 50.3 Å². The lowest BCUT2D eigenvalue weighted by Crippen LogP contribution is -2.42. The molecule has 0 unspecified atom stereocenters. The Kier molecular flexibility index (Phi) is 4.57. The van der Waals surface area contributed by atoms with Crippen LogP contribution in [0.1, 0.15) is 27.3 Å². The third-order valence-corrected chi connectivity index (χ3v) is 5.82. The molecule has 4 heterocycles. The minimum absolute atomic E-state index is 0.0644. The average Bonchev–Trinajstić information content (AvgIpc) is 3.39. The molecule has 5 rings (SSSR count). The molecule has 146 valence electrons. The van der Waals surface area contributed by atoms with Crippen molar-refractivity contribution in [1.29, 1.82) is 0 Å². The van der Waals surface area contributed by atoms with Crippen LogP contribution in [0, 0.1) is 6.92 Å². The van der Waals surface area contributed by atoms with Gasteiger partial charge in [0.15, 0.2) is 0 Å². The molecule has 0 bridgehead atoms. The molecule has 3 aromatic heterocycles. The number of ether oxygens (including phenoxy) is 1. The Balaban J connectivity index is 1.41. The molecule has 4 aromatic rings. The lowest BCUT2D eigenvalue weighted by atomic mass is 10.1. The van der Waals surface area contributed by atoms with Crippen molar-refractivity contribution in [2.24, 2.45) is 0 Å². The summed E-state index contributed by atoms with van der Waals surface area (Å²) in [5, 5.41) is 11.3. The first-order valence-corrected chi connectivity index (χ1v) is 10.3. The first-order chi connectivity index (χ1) is 14.2. The van der Waals surface area contributed by atoms with Crippen LogP contribution in [0.2, 0.25) is 0 Å². The predicted molar refractivity (Wildman–Crippen MR) is 110 cm³/mol. The standard InChI is InChI=1S/C21H19N5O2S/c1-14-22-17(13-29-14)21(27)25-9-10-28-19(12-25)20-18-8-7-16(11-26(18)24-23-20)15-5-3-2-4-6-15/h2-8,11,13,19H,9-10,12H2,1H3/t19-/m0/s1. The number of pyridine rings is 1. The van der Waals surface area contributed by atoms with Crippen LogP contribution < -0.4 is 0 Å². The Labute approximate surface area is 171 Å². The van der Waals surface area contributed by atoms with Gasteiger partial charge in [-0.1, -0.05) is 41.6 Å². The van der Waals surface area contributed by atoms with E-state index < -0.39 is 0 Å². The SMILES string of the molecule is Cc1nc(C(=O)N2CCO[C@H](c3nnn4cc(-c5ccccc5)ccc34)C2)cs1. The van der Waals surface area contributed by atoms with E-state index in [0.717, 1.165) is 27.3 Å². The van der Waals surface area contributed by atoms with Gasteiger partial charge in [-0.15, -0.1) is 16.4 Å². The summed E-state index contributed by atoms with van der Waals surface area (Å²) in [4.78, 5) is 18.9. The number of carbonyl (C=O) groups is 1. The van der Waals surface area contributed by atoms with Gasteiger partial charge in [0.05, 0.1) is 23.7 Å². The summed E-state index contributed by atoms with van der Waals surface area (Å²) in [5.41, 5.74) is 4.31. The van der Waals surface area contributed by atoms with Crippen LogP contribution in [0.3, 0.4) is 0 Å². The van der Waals surface area contributed by atoms with E-state index in [1.807, 2.05) is 37.4 Å². The van der Waals surface area contributed by atoms with Crippen LogP contribution in [0.15, 0.2) is 54.0 Å². The maximum Gasteiger partial charge on any atom is 0.273 e. The molecule has 1 amide bonds. The molecule has 1 aliphatic rings. The molecule has 0 spiro atoms. The molecular weight excluding hydrogens is 386 g/mol. The molecule has 1 saturated heterocycles. The van der Waals surface area contributed by atoms with Gasteiger partial charge in [0, 0.05) is 23.7 Å². The van der Waals surface area contributed by atoms with Crippen LogP contribution >= 0.6 is 11.3 Å². The number of fused-ring (bicyclic) bond motifs is 1. The van der Waals surface area contributed by atoms with Crippen molar-refractivity contribution in [3.63, 3.8) is 0 Å². The first-order valence-electron chi connectivity index (χ1n) is 9.42. The molecule has 1 fully saturated rings. The summed E-state index contributed by atoms with van der Waals surface area (Å²) in [6, 6.07) is 14.2. The molecule has 0 radical (unpaired) electrons. The zero-order valence-electron chi connectivity index (χ0n) is 15.9. The lowest BCUT2D eigenvalue weighted by molar-refractivity contribution is -0.0242. The van der Waals surface area contributed by atoms with Crippen LogP contribution in [0.25, 0.3) is 16.6 Å². The van der Waals surface area contributed by atoms with Crippen molar-refractivity contribution >= 4 is 22.8 Å². The Bertz CT molecular complexity index is 1170. The maximum atomic E-state index is 12.8. The number of thiazole rings is 1. The zero-order valence-corrected chi connectivity index (χ0v) is 16.7. The van der Waals surface area contributed by atoms with Gasteiger partial charge in [0.25, 0.3) is 5.91 Å². The Hall–Kier alpha value is -3.10. The number of amides is 1. The summed E-state index contributed by atoms with van der Waals surface area (Å²) in [5.74, 6) is -0.0644. The normalized spacial score (nSPS) is 17.0. The minimum atomic E-state index is -0.312. The summed E-state index contributed by atoms with van der Waals surface area (Å²) >= 11 is 1.48. The summed E-state index contributed by atoms with van der Waals surface area (Å²) in [6.45, 7) is 3.34. The molecule has 0 aliphatic carbocycles. The van der Waals surface area contributed by atoms with Gasteiger partial charge in [-0.3, -0.25) is 4.79 Å². The molecule has 8 heteroatoms. The number of nitrogens with zero attached hydrogens (tertiary/aromatic N) is 5. The molecule has 7 nitrogen and oxygen atoms in total. The maximum absolute atomic E-state index is 12.8. The number of hydrogen-bond donors (Lipinski definition) is 0. The second-order valence-electron chi connectivity index (χ2n) is 6.95. The fraction of sp³-hybridized carbons (Fsp3) is 0.238. The second kappa shape index (κ2) is 7.38. The van der Waals surface area contributed by atoms with Gasteiger partial charge in [0.2, 0.25) is 0 Å². The Morgan fingerprint density at radius 1 is 1.17 bits per heavy atom. The van der Waals surface area contributed by atoms with Gasteiger partial charge in [-0.05, 0) is 18.6 Å². The van der Waals surface area contributed by atoms with Gasteiger partial charge >= 0.3 is 0 Å². The van der Waals surface area contributed by atoms with Crippen LogP contribution in [0.5, 0.6) is 0 Å². The average molecular weight is 405 g/mol. The Morgan fingerprint density at radius 3 is 2.83 bits per heavy atom. The molecule has 0 N–H and O–H groups in total.